The van der Waals surface area contributed by atoms with Gasteiger partial charge in [0, 0.05) is 35.6 Å². The summed E-state index contributed by atoms with van der Waals surface area (Å²) in [7, 11) is 1.50. The number of rotatable bonds is 15. The fourth-order valence-corrected chi connectivity index (χ4v) is 14.7. The van der Waals surface area contributed by atoms with Crippen LogP contribution in [0.2, 0.25) is 0 Å². The molecule has 0 unspecified atom stereocenters. The fraction of sp³-hybridized carbons (Fsp3) is 0.500. The summed E-state index contributed by atoms with van der Waals surface area (Å²) < 4.78 is 52.5. The molecular weight excluding hydrogens is 1440 g/mol. The molecule has 0 aromatic heterocycles. The van der Waals surface area contributed by atoms with E-state index >= 15 is 19.2 Å². The van der Waals surface area contributed by atoms with E-state index in [1.165, 1.54) is 56.4 Å². The molecule has 5 aromatic rings. The predicted molar refractivity (Wildman–Crippen MR) is 383 cm³/mol. The molecule has 0 radical (unpaired) electrons. The minimum atomic E-state index is -2.29. The average molecular weight is 1540 g/mol. The lowest BCUT2D eigenvalue weighted by Crippen LogP contribution is -2.62. The molecular formula is C76H94N8O26. The van der Waals surface area contributed by atoms with E-state index in [-0.39, 0.29) is 64.5 Å². The van der Waals surface area contributed by atoms with Crippen LogP contribution in [0.3, 0.4) is 0 Å². The first kappa shape index (κ1) is 81.2. The van der Waals surface area contributed by atoms with E-state index < -0.39 is 245 Å². The number of carbonyl (C=O) groups is 8. The normalized spacial score (nSPS) is 30.5. The molecule has 7 amide bonds. The van der Waals surface area contributed by atoms with Crippen molar-refractivity contribution in [1.29, 1.82) is 0 Å². The van der Waals surface area contributed by atoms with E-state index in [1.807, 2.05) is 13.8 Å². The van der Waals surface area contributed by atoms with Gasteiger partial charge in [-0.1, -0.05) is 65.8 Å². The fourth-order valence-electron chi connectivity index (χ4n) is 14.7. The number of likely N-dealkylation sites (N-methyl/N-ethyl adjacent to an activating group) is 1. The number of nitrogens with two attached hydrogens (primary N) is 1. The number of primary amides is 1. The summed E-state index contributed by atoms with van der Waals surface area (Å²) in [5, 5.41) is 133. The zero-order valence-corrected chi connectivity index (χ0v) is 61.8. The van der Waals surface area contributed by atoms with E-state index in [9.17, 15) is 70.2 Å². The first-order valence-electron chi connectivity index (χ1n) is 35.9. The number of hydrogen-bond acceptors (Lipinski definition) is 26. The smallest absolute Gasteiger partial charge is 0.330 e. The van der Waals surface area contributed by atoms with Crippen LogP contribution in [0.15, 0.2) is 84.9 Å². The van der Waals surface area contributed by atoms with Gasteiger partial charge in [0.25, 0.3) is 0 Å². The summed E-state index contributed by atoms with van der Waals surface area (Å²) in [6.45, 7) is 14.4. The summed E-state index contributed by atoms with van der Waals surface area (Å²) in [6.07, 6.45) is -20.3. The second-order valence-electron chi connectivity index (χ2n) is 30.4. The molecule has 110 heavy (non-hydrogen) atoms. The zero-order chi connectivity index (χ0) is 80.0. The van der Waals surface area contributed by atoms with Gasteiger partial charge in [0.05, 0.1) is 43.5 Å². The molecule has 0 saturated carbocycles. The summed E-state index contributed by atoms with van der Waals surface area (Å²) in [5.74, 6) is -14.5. The molecule has 19 N–H and O–H groups in total. The maximum Gasteiger partial charge on any atom is 0.330 e. The van der Waals surface area contributed by atoms with Gasteiger partial charge >= 0.3 is 5.97 Å². The Morgan fingerprint density at radius 1 is 0.655 bits per heavy atom. The zero-order valence-electron chi connectivity index (χ0n) is 61.8. The Hall–Kier alpha value is -9.82. The Bertz CT molecular complexity index is 4330. The Balaban J connectivity index is 1.18. The van der Waals surface area contributed by atoms with Crippen molar-refractivity contribution in [3.63, 3.8) is 0 Å². The van der Waals surface area contributed by atoms with Crippen molar-refractivity contribution in [2.24, 2.45) is 22.5 Å². The molecule has 8 heterocycles. The number of carboxylic acid groups (broad SMARTS) is 1. The van der Waals surface area contributed by atoms with E-state index in [0.717, 1.165) is 42.5 Å². The van der Waals surface area contributed by atoms with Crippen LogP contribution in [-0.2, 0) is 62.0 Å². The van der Waals surface area contributed by atoms with Crippen molar-refractivity contribution in [1.82, 2.24) is 37.2 Å². The molecule has 8 aliphatic heterocycles. The van der Waals surface area contributed by atoms with Crippen molar-refractivity contribution in [3.05, 3.63) is 118 Å². The van der Waals surface area contributed by atoms with Gasteiger partial charge in [0.2, 0.25) is 53.4 Å². The number of amides is 7. The molecule has 11 bridgehead atoms. The molecule has 8 aliphatic rings. The van der Waals surface area contributed by atoms with E-state index in [2.05, 4.69) is 37.2 Å². The van der Waals surface area contributed by atoms with Crippen LogP contribution in [0.5, 0.6) is 46.0 Å². The molecule has 5 aromatic carbocycles. The molecule has 34 nitrogen and oxygen atoms in total. The number of aliphatic hydroxyl groups is 6. The number of fused-ring (bicyclic) bond motifs is 15. The third-order valence-electron chi connectivity index (χ3n) is 20.7. The topological polar surface area (TPSA) is 523 Å². The number of aromatic hydroxyl groups is 3. The van der Waals surface area contributed by atoms with Gasteiger partial charge < -0.3 is 132 Å². The lowest BCUT2D eigenvalue weighted by Gasteiger charge is -2.47. The Morgan fingerprint density at radius 2 is 1.25 bits per heavy atom. The highest BCUT2D eigenvalue weighted by Crippen LogP contribution is 2.50. The van der Waals surface area contributed by atoms with Gasteiger partial charge in [0.15, 0.2) is 36.2 Å². The maximum atomic E-state index is 16.4. The lowest BCUT2D eigenvalue weighted by molar-refractivity contribution is -0.337. The number of aryl methyl sites for hydroxylation is 1. The number of hydrogen-bond donors (Lipinski definition) is 18. The van der Waals surface area contributed by atoms with E-state index in [0.29, 0.717) is 0 Å². The SMILES string of the molecule is CN[C@H](CC(C)C)C(=O)N[C@H]1C(=O)N[C@@H](CC(N)=O)C(=O)N[C@H]2C(=O)N[C@H]3C(=O)N[C@H](C(=O)N[C@H](C(=O)O)c4cc(O)cc(O)c4-c4cc3ccc4O)[C@H](O[C@H]3CC(C)(C)[C@@H](O)[C@H](C)O3)c3ccc(c(C)c3)Oc3cc2cc(c3O[C@@H]2O[C@H](CO)[C@@H](O)[C@H](O)[C@H]2O[C@H]2CC(C)(C)[C@@H](O)[C@H](C)O2)Oc2ccc(cc2)[C@H]1O. The van der Waals surface area contributed by atoms with Gasteiger partial charge in [-0.2, -0.15) is 0 Å². The van der Waals surface area contributed by atoms with Crippen molar-refractivity contribution >= 4 is 47.3 Å². The Morgan fingerprint density at radius 3 is 1.85 bits per heavy atom. The van der Waals surface area contributed by atoms with Crippen LogP contribution in [0.4, 0.5) is 0 Å². The number of phenolic OH excluding ortho intramolecular Hbond substituents is 3. The van der Waals surface area contributed by atoms with Crippen LogP contribution in [-0.4, -0.2) is 204 Å². The second-order valence-corrected chi connectivity index (χ2v) is 30.4. The number of phenols is 3. The third kappa shape index (κ3) is 17.2. The molecule has 13 rings (SSSR count). The number of aliphatic hydroxyl groups excluding tert-OH is 6. The number of carboxylic acids is 1. The highest BCUT2D eigenvalue weighted by molar-refractivity contribution is 6.00. The molecule has 34 heteroatoms. The molecule has 0 spiro atoms. The van der Waals surface area contributed by atoms with Gasteiger partial charge in [0.1, 0.15) is 89.5 Å². The minimum Gasteiger partial charge on any atom is -0.508 e. The summed E-state index contributed by atoms with van der Waals surface area (Å²) in [5.41, 5.74) is 2.00. The van der Waals surface area contributed by atoms with Crippen molar-refractivity contribution in [2.45, 2.75) is 210 Å². The highest BCUT2D eigenvalue weighted by Gasteiger charge is 2.52. The molecule has 3 saturated heterocycles. The summed E-state index contributed by atoms with van der Waals surface area (Å²) >= 11 is 0. The van der Waals surface area contributed by atoms with Crippen LogP contribution in [0, 0.1) is 23.7 Å². The van der Waals surface area contributed by atoms with Gasteiger partial charge in [-0.15, -0.1) is 0 Å². The summed E-state index contributed by atoms with van der Waals surface area (Å²) in [6, 6.07) is 2.87. The largest absolute Gasteiger partial charge is 0.508 e. The number of benzene rings is 5. The highest BCUT2D eigenvalue weighted by atomic mass is 16.8. The van der Waals surface area contributed by atoms with Crippen LogP contribution >= 0.6 is 0 Å². The molecule has 0 aliphatic carbocycles. The first-order valence-corrected chi connectivity index (χ1v) is 35.9. The Kier molecular flexibility index (Phi) is 24.1. The third-order valence-corrected chi connectivity index (χ3v) is 20.7. The Labute approximate surface area is 631 Å². The monoisotopic (exact) mass is 1530 g/mol. The molecule has 20 atom stereocenters. The van der Waals surface area contributed by atoms with Crippen LogP contribution in [0.1, 0.15) is 145 Å². The summed E-state index contributed by atoms with van der Waals surface area (Å²) in [4.78, 5) is 120. The second kappa shape index (κ2) is 32.6. The van der Waals surface area contributed by atoms with Gasteiger partial charge in [-0.05, 0) is 133 Å². The standard InChI is InChI=1S/C76H94N8O26/c1-30(2)19-42(78-10)67(95)83-57-59(90)34-11-15-39(16-12-34)105-47-22-37-23-48(63(47)110-74-64(61(92)60(91)49(29-85)107-74)109-52-28-76(8,9)66(94)33(5)104-52)106-46-18-14-36(20-31(46)3)62(108-51-27-75(6,7)65(93)32(4)103-51)58-72(100)82-56(73(101)102)41-24-38(86)25-45(88)53(41)40-21-35(13-17-44(40)87)54(69(97)84-58)81-70(98)55(37)80-68(96)43(26-50(77)89)79-71(57)99/h11-18,20-25,30,32-33,42-43,49,51-52,54-62,64-66,74,78,85-88,90-94H,19,26-29H2,1-10H3,(H2,77,89)(H,79,99)(H,80,96)(H,81,98)(H,82,100)(H,83,95)(H,84,97)(H,101,102)/t32-,33-,42+,43-,49+,51-,52-,54+,55+,56-,57+,58-,59+,60+,61-,62+,64+,65-,66-,74-/m0/s1. The molecule has 594 valence electrons. The number of aliphatic carboxylic acids is 1. The quantitative estimate of drug-likeness (QED) is 0.0712. The van der Waals surface area contributed by atoms with Gasteiger partial charge in [-0.3, -0.25) is 33.6 Å². The number of ether oxygens (including phenoxy) is 8. The first-order chi connectivity index (χ1) is 51.8. The number of carbonyl (C=O) groups excluding carboxylic acids is 7. The predicted octanol–water partition coefficient (Wildman–Crippen LogP) is 1.96. The number of nitrogens with one attached hydrogen (secondary N) is 7. The van der Waals surface area contributed by atoms with Crippen molar-refractivity contribution < 1.29 is 127 Å². The van der Waals surface area contributed by atoms with Crippen molar-refractivity contribution in [2.75, 3.05) is 13.7 Å². The van der Waals surface area contributed by atoms with Crippen LogP contribution in [0.25, 0.3) is 11.1 Å². The van der Waals surface area contributed by atoms with Gasteiger partial charge in [-0.25, -0.2) is 4.79 Å². The minimum absolute atomic E-state index is 0.000330. The molecule has 3 fully saturated rings. The van der Waals surface area contributed by atoms with E-state index in [1.54, 1.807) is 41.5 Å². The van der Waals surface area contributed by atoms with Crippen LogP contribution < -0.4 is 57.2 Å². The van der Waals surface area contributed by atoms with Crippen molar-refractivity contribution in [3.8, 4) is 57.1 Å². The lowest BCUT2D eigenvalue weighted by atomic mass is 9.78. The average Bonchev–Trinajstić information content (AvgIpc) is 0.766. The maximum absolute atomic E-state index is 16.4. The van der Waals surface area contributed by atoms with E-state index in [4.69, 9.17) is 43.6 Å².